The lowest BCUT2D eigenvalue weighted by Crippen LogP contribution is -2.14. The molecule has 0 atom stereocenters. The number of anilines is 1. The molecule has 0 aliphatic rings. The first-order chi connectivity index (χ1) is 8.74. The van der Waals surface area contributed by atoms with Gasteiger partial charge in [0.05, 0.1) is 13.2 Å². The highest BCUT2D eigenvalue weighted by molar-refractivity contribution is 5.90. The Morgan fingerprint density at radius 3 is 2.78 bits per heavy atom. The zero-order valence-electron chi connectivity index (χ0n) is 10.4. The Morgan fingerprint density at radius 2 is 2.17 bits per heavy atom. The molecule has 0 fully saturated rings. The predicted octanol–water partition coefficient (Wildman–Crippen LogP) is 0.0405. The molecule has 1 amide bonds. The lowest BCUT2D eigenvalue weighted by atomic mass is 10.3. The molecule has 3 N–H and O–H groups in total. The number of ether oxygens (including phenoxy) is 2. The maximum atomic E-state index is 10.8. The summed E-state index contributed by atoms with van der Waals surface area (Å²) in [5.74, 6) is 0.0254. The second-order valence-electron chi connectivity index (χ2n) is 3.55. The third-order valence-corrected chi connectivity index (χ3v) is 2.12. The summed E-state index contributed by atoms with van der Waals surface area (Å²) < 4.78 is 10.2. The third kappa shape index (κ3) is 5.55. The van der Waals surface area contributed by atoms with E-state index in [4.69, 9.17) is 15.2 Å². The highest BCUT2D eigenvalue weighted by Crippen LogP contribution is 2.01. The average molecular weight is 254 g/mol. The number of aromatic nitrogens is 2. The van der Waals surface area contributed by atoms with Crippen molar-refractivity contribution in [2.24, 2.45) is 5.73 Å². The summed E-state index contributed by atoms with van der Waals surface area (Å²) in [7, 11) is 1.64. The van der Waals surface area contributed by atoms with Crippen LogP contribution in [0.2, 0.25) is 0 Å². The predicted molar refractivity (Wildman–Crippen MR) is 66.4 cm³/mol. The zero-order chi connectivity index (χ0) is 13.2. The van der Waals surface area contributed by atoms with Gasteiger partial charge < -0.3 is 20.5 Å². The standard InChI is InChI=1S/C11H18N4O3/c1-17-7-8-18-6-2-5-13-10-4-3-9(11(12)16)14-15-10/h3-4H,2,5-8H2,1H3,(H2,12,16)(H,13,15). The monoisotopic (exact) mass is 254 g/mol. The molecule has 1 rings (SSSR count). The van der Waals surface area contributed by atoms with Crippen molar-refractivity contribution in [2.75, 3.05) is 38.8 Å². The van der Waals surface area contributed by atoms with Crippen molar-refractivity contribution in [3.05, 3.63) is 17.8 Å². The van der Waals surface area contributed by atoms with Crippen molar-refractivity contribution in [1.82, 2.24) is 10.2 Å². The molecule has 0 aromatic carbocycles. The van der Waals surface area contributed by atoms with Crippen LogP contribution in [0.4, 0.5) is 5.82 Å². The van der Waals surface area contributed by atoms with Gasteiger partial charge in [0.25, 0.3) is 5.91 Å². The fourth-order valence-electron chi connectivity index (χ4n) is 1.19. The summed E-state index contributed by atoms with van der Waals surface area (Å²) in [5, 5.41) is 10.6. The Kier molecular flexibility index (Phi) is 6.67. The van der Waals surface area contributed by atoms with E-state index in [-0.39, 0.29) is 5.69 Å². The summed E-state index contributed by atoms with van der Waals surface area (Å²) in [5.41, 5.74) is 5.21. The van der Waals surface area contributed by atoms with E-state index in [9.17, 15) is 4.79 Å². The molecular formula is C11H18N4O3. The van der Waals surface area contributed by atoms with Crippen LogP contribution in [0.1, 0.15) is 16.9 Å². The maximum Gasteiger partial charge on any atom is 0.269 e. The molecule has 0 radical (unpaired) electrons. The second kappa shape index (κ2) is 8.37. The van der Waals surface area contributed by atoms with E-state index < -0.39 is 5.91 Å². The summed E-state index contributed by atoms with van der Waals surface area (Å²) in [6.07, 6.45) is 0.850. The minimum absolute atomic E-state index is 0.156. The maximum absolute atomic E-state index is 10.8. The van der Waals surface area contributed by atoms with E-state index in [1.165, 1.54) is 6.07 Å². The minimum Gasteiger partial charge on any atom is -0.382 e. The first-order valence-corrected chi connectivity index (χ1v) is 5.68. The molecule has 7 nitrogen and oxygen atoms in total. The Bertz CT molecular complexity index is 356. The van der Waals surface area contributed by atoms with Gasteiger partial charge in [0.1, 0.15) is 5.82 Å². The summed E-state index contributed by atoms with van der Waals surface area (Å²) in [6, 6.07) is 3.20. The van der Waals surface area contributed by atoms with Crippen molar-refractivity contribution < 1.29 is 14.3 Å². The molecule has 0 aliphatic heterocycles. The Morgan fingerprint density at radius 1 is 1.33 bits per heavy atom. The van der Waals surface area contributed by atoms with Gasteiger partial charge in [-0.3, -0.25) is 4.79 Å². The largest absolute Gasteiger partial charge is 0.382 e. The second-order valence-corrected chi connectivity index (χ2v) is 3.55. The molecule has 0 aliphatic carbocycles. The van der Waals surface area contributed by atoms with E-state index in [1.807, 2.05) is 0 Å². The van der Waals surface area contributed by atoms with Gasteiger partial charge in [-0.25, -0.2) is 0 Å². The summed E-state index contributed by atoms with van der Waals surface area (Å²) in [6.45, 7) is 2.58. The van der Waals surface area contributed by atoms with E-state index in [1.54, 1.807) is 13.2 Å². The van der Waals surface area contributed by atoms with E-state index in [0.29, 0.717) is 25.6 Å². The molecule has 1 aromatic heterocycles. The number of hydrogen-bond acceptors (Lipinski definition) is 6. The topological polar surface area (TPSA) is 99.4 Å². The lowest BCUT2D eigenvalue weighted by molar-refractivity contribution is 0.0705. The van der Waals surface area contributed by atoms with Gasteiger partial charge in [0.2, 0.25) is 0 Å². The van der Waals surface area contributed by atoms with Gasteiger partial charge in [-0.15, -0.1) is 10.2 Å². The van der Waals surface area contributed by atoms with Crippen molar-refractivity contribution in [2.45, 2.75) is 6.42 Å². The molecule has 0 saturated heterocycles. The quantitative estimate of drug-likeness (QED) is 0.604. The molecule has 0 bridgehead atoms. The van der Waals surface area contributed by atoms with Crippen molar-refractivity contribution in [1.29, 1.82) is 0 Å². The van der Waals surface area contributed by atoms with E-state index in [0.717, 1.165) is 13.0 Å². The van der Waals surface area contributed by atoms with Crippen LogP contribution < -0.4 is 11.1 Å². The first-order valence-electron chi connectivity index (χ1n) is 5.68. The van der Waals surface area contributed by atoms with Gasteiger partial charge in [0, 0.05) is 20.3 Å². The van der Waals surface area contributed by atoms with Gasteiger partial charge in [0.15, 0.2) is 5.69 Å². The molecule has 0 saturated carbocycles. The first kappa shape index (κ1) is 14.3. The smallest absolute Gasteiger partial charge is 0.269 e. The molecule has 1 aromatic rings. The number of carbonyl (C=O) groups is 1. The van der Waals surface area contributed by atoms with Crippen LogP contribution in [0.5, 0.6) is 0 Å². The minimum atomic E-state index is -0.583. The molecule has 0 spiro atoms. The van der Waals surface area contributed by atoms with Crippen LogP contribution >= 0.6 is 0 Å². The summed E-state index contributed by atoms with van der Waals surface area (Å²) >= 11 is 0. The molecule has 18 heavy (non-hydrogen) atoms. The lowest BCUT2D eigenvalue weighted by Gasteiger charge is -2.05. The fourth-order valence-corrected chi connectivity index (χ4v) is 1.19. The number of carbonyl (C=O) groups excluding carboxylic acids is 1. The highest BCUT2D eigenvalue weighted by Gasteiger charge is 2.02. The zero-order valence-corrected chi connectivity index (χ0v) is 10.4. The fraction of sp³-hybridized carbons (Fsp3) is 0.545. The molecular weight excluding hydrogens is 236 g/mol. The van der Waals surface area contributed by atoms with Crippen LogP contribution in [-0.4, -0.2) is 49.6 Å². The van der Waals surface area contributed by atoms with Gasteiger partial charge >= 0.3 is 0 Å². The van der Waals surface area contributed by atoms with Crippen molar-refractivity contribution in [3.63, 3.8) is 0 Å². The van der Waals surface area contributed by atoms with Gasteiger partial charge in [-0.05, 0) is 18.6 Å². The molecule has 100 valence electrons. The number of hydrogen-bond donors (Lipinski definition) is 2. The number of nitrogens with one attached hydrogen (secondary N) is 1. The number of nitrogens with zero attached hydrogens (tertiary/aromatic N) is 2. The van der Waals surface area contributed by atoms with Crippen LogP contribution in [0.15, 0.2) is 12.1 Å². The van der Waals surface area contributed by atoms with Crippen LogP contribution in [0.3, 0.4) is 0 Å². The van der Waals surface area contributed by atoms with Gasteiger partial charge in [-0.2, -0.15) is 0 Å². The van der Waals surface area contributed by atoms with E-state index >= 15 is 0 Å². The van der Waals surface area contributed by atoms with Crippen molar-refractivity contribution >= 4 is 11.7 Å². The summed E-state index contributed by atoms with van der Waals surface area (Å²) in [4.78, 5) is 10.8. The number of methoxy groups -OCH3 is 1. The van der Waals surface area contributed by atoms with Gasteiger partial charge in [-0.1, -0.05) is 0 Å². The average Bonchev–Trinajstić information content (AvgIpc) is 2.38. The van der Waals surface area contributed by atoms with E-state index in [2.05, 4.69) is 15.5 Å². The number of rotatable bonds is 9. The third-order valence-electron chi connectivity index (χ3n) is 2.12. The van der Waals surface area contributed by atoms with Crippen LogP contribution in [0, 0.1) is 0 Å². The van der Waals surface area contributed by atoms with Crippen LogP contribution in [0.25, 0.3) is 0 Å². The molecule has 0 unspecified atom stereocenters. The number of nitrogens with two attached hydrogens (primary N) is 1. The Balaban J connectivity index is 2.14. The molecule has 7 heteroatoms. The normalized spacial score (nSPS) is 10.3. The number of amides is 1. The number of primary amides is 1. The Labute approximate surface area is 106 Å². The van der Waals surface area contributed by atoms with Crippen molar-refractivity contribution in [3.8, 4) is 0 Å². The van der Waals surface area contributed by atoms with Crippen LogP contribution in [-0.2, 0) is 9.47 Å². The highest BCUT2D eigenvalue weighted by atomic mass is 16.5. The SMILES string of the molecule is COCCOCCCNc1ccc(C(N)=O)nn1. The molecule has 1 heterocycles. The Hall–Kier alpha value is -1.73.